The molecule has 0 bridgehead atoms. The van der Waals surface area contributed by atoms with Crippen LogP contribution in [0.4, 0.5) is 0 Å². The number of morpholine rings is 1. The minimum Gasteiger partial charge on any atom is -0.378 e. The zero-order valence-electron chi connectivity index (χ0n) is 14.1. The highest BCUT2D eigenvalue weighted by atomic mass is 32.2. The minimum absolute atomic E-state index is 0.0211. The van der Waals surface area contributed by atoms with E-state index in [1.807, 2.05) is 0 Å². The average Bonchev–Trinajstić information content (AvgIpc) is 2.51. The molecular weight excluding hydrogens is 314 g/mol. The molecule has 3 heterocycles. The maximum Gasteiger partial charge on any atom is 0.211 e. The minimum atomic E-state index is -3.13. The Labute approximate surface area is 139 Å². The van der Waals surface area contributed by atoms with E-state index in [9.17, 15) is 8.42 Å². The van der Waals surface area contributed by atoms with E-state index in [-0.39, 0.29) is 11.6 Å². The molecule has 23 heavy (non-hydrogen) atoms. The topological polar surface area (TPSA) is 53.1 Å². The van der Waals surface area contributed by atoms with Gasteiger partial charge in [-0.2, -0.15) is 4.31 Å². The number of likely N-dealkylation sites (tertiary alicyclic amines) is 1. The number of nitrogens with zero attached hydrogens (tertiary/aromatic N) is 3. The van der Waals surface area contributed by atoms with Crippen molar-refractivity contribution >= 4 is 10.0 Å². The number of piperazine rings is 1. The van der Waals surface area contributed by atoms with Gasteiger partial charge >= 0.3 is 0 Å². The number of sulfonamides is 1. The second-order valence-electron chi connectivity index (χ2n) is 7.90. The molecule has 1 saturated carbocycles. The van der Waals surface area contributed by atoms with Crippen molar-refractivity contribution in [1.29, 1.82) is 0 Å². The third-order valence-corrected chi connectivity index (χ3v) is 7.49. The highest BCUT2D eigenvalue weighted by molar-refractivity contribution is 7.88. The van der Waals surface area contributed by atoms with Crippen LogP contribution in [0.1, 0.15) is 32.1 Å². The predicted molar refractivity (Wildman–Crippen MR) is 88.9 cm³/mol. The van der Waals surface area contributed by atoms with Crippen LogP contribution in [-0.2, 0) is 14.8 Å². The molecule has 6 nitrogen and oxygen atoms in total. The molecule has 0 N–H and O–H groups in total. The fraction of sp³-hybridized carbons (Fsp3) is 1.00. The van der Waals surface area contributed by atoms with Gasteiger partial charge in [0.25, 0.3) is 0 Å². The van der Waals surface area contributed by atoms with Gasteiger partial charge in [-0.1, -0.05) is 19.3 Å². The summed E-state index contributed by atoms with van der Waals surface area (Å²) < 4.78 is 31.6. The molecule has 1 atom stereocenters. The summed E-state index contributed by atoms with van der Waals surface area (Å²) in [4.78, 5) is 5.18. The number of hydrogen-bond acceptors (Lipinski definition) is 5. The summed E-state index contributed by atoms with van der Waals surface area (Å²) in [6.45, 7) is 5.69. The quantitative estimate of drug-likeness (QED) is 0.724. The van der Waals surface area contributed by atoms with Crippen LogP contribution in [0.15, 0.2) is 0 Å². The molecule has 4 rings (SSSR count). The third kappa shape index (κ3) is 2.95. The van der Waals surface area contributed by atoms with E-state index in [4.69, 9.17) is 4.74 Å². The summed E-state index contributed by atoms with van der Waals surface area (Å²) in [5.74, 6) is 0. The van der Waals surface area contributed by atoms with Crippen LogP contribution in [0.2, 0.25) is 0 Å². The Morgan fingerprint density at radius 1 is 1.04 bits per heavy atom. The summed E-state index contributed by atoms with van der Waals surface area (Å²) in [7, 11) is -3.13. The SMILES string of the molecule is CS(=O)(=O)N1C[C@@H]2COCCN2C2(CN(C3CCCCC3)C2)C1. The van der Waals surface area contributed by atoms with Crippen molar-refractivity contribution < 1.29 is 13.2 Å². The molecule has 1 aliphatic carbocycles. The van der Waals surface area contributed by atoms with Crippen LogP contribution in [0, 0.1) is 0 Å². The molecule has 0 amide bonds. The number of fused-ring (bicyclic) bond motifs is 2. The van der Waals surface area contributed by atoms with Gasteiger partial charge in [0.1, 0.15) is 0 Å². The Bertz CT molecular complexity index is 541. The van der Waals surface area contributed by atoms with Crippen molar-refractivity contribution in [2.45, 2.75) is 49.7 Å². The van der Waals surface area contributed by atoms with E-state index in [1.54, 1.807) is 4.31 Å². The number of hydrogen-bond donors (Lipinski definition) is 0. The van der Waals surface area contributed by atoms with Crippen LogP contribution in [0.3, 0.4) is 0 Å². The zero-order valence-corrected chi connectivity index (χ0v) is 14.9. The molecule has 4 fully saturated rings. The zero-order chi connectivity index (χ0) is 16.1. The van der Waals surface area contributed by atoms with E-state index >= 15 is 0 Å². The van der Waals surface area contributed by atoms with Crippen LogP contribution in [0.25, 0.3) is 0 Å². The maximum atomic E-state index is 12.1. The fourth-order valence-corrected chi connectivity index (χ4v) is 6.02. The molecule has 0 aromatic carbocycles. The molecule has 0 aromatic heterocycles. The molecular formula is C16H29N3O3S. The van der Waals surface area contributed by atoms with Crippen molar-refractivity contribution in [2.75, 3.05) is 52.2 Å². The fourth-order valence-electron chi connectivity index (χ4n) is 5.10. The van der Waals surface area contributed by atoms with Crippen LogP contribution in [-0.4, -0.2) is 92.3 Å². The maximum absolute atomic E-state index is 12.1. The molecule has 0 aromatic rings. The van der Waals surface area contributed by atoms with Crippen LogP contribution >= 0.6 is 0 Å². The van der Waals surface area contributed by atoms with Crippen LogP contribution in [0.5, 0.6) is 0 Å². The molecule has 4 aliphatic rings. The van der Waals surface area contributed by atoms with E-state index in [0.717, 1.165) is 32.3 Å². The van der Waals surface area contributed by atoms with Gasteiger partial charge in [0.05, 0.1) is 25.0 Å². The van der Waals surface area contributed by atoms with E-state index < -0.39 is 10.0 Å². The summed E-state index contributed by atoms with van der Waals surface area (Å²) >= 11 is 0. The smallest absolute Gasteiger partial charge is 0.211 e. The third-order valence-electron chi connectivity index (χ3n) is 6.28. The van der Waals surface area contributed by atoms with Gasteiger partial charge in [-0.15, -0.1) is 0 Å². The number of rotatable bonds is 2. The summed E-state index contributed by atoms with van der Waals surface area (Å²) in [6.07, 6.45) is 8.06. The Morgan fingerprint density at radius 2 is 1.78 bits per heavy atom. The Kier molecular flexibility index (Phi) is 4.21. The van der Waals surface area contributed by atoms with Crippen LogP contribution < -0.4 is 0 Å². The van der Waals surface area contributed by atoms with E-state index in [2.05, 4.69) is 9.80 Å². The van der Waals surface area contributed by atoms with Crippen molar-refractivity contribution in [1.82, 2.24) is 14.1 Å². The second-order valence-corrected chi connectivity index (χ2v) is 9.88. The van der Waals surface area contributed by atoms with Crippen molar-refractivity contribution in [3.05, 3.63) is 0 Å². The van der Waals surface area contributed by atoms with E-state index in [1.165, 1.54) is 38.4 Å². The normalized spacial score (nSPS) is 34.2. The standard InChI is InChI=1S/C16H29N3O3S/c1-23(20,21)18-9-15-10-22-8-7-19(15)16(13-18)11-17(12-16)14-5-3-2-4-6-14/h14-15H,2-13H2,1H3/t15-/m1/s1. The summed E-state index contributed by atoms with van der Waals surface area (Å²) in [5, 5.41) is 0. The lowest BCUT2D eigenvalue weighted by Crippen LogP contribution is -2.81. The Hall–Kier alpha value is -0.210. The molecule has 0 radical (unpaired) electrons. The summed E-state index contributed by atoms with van der Waals surface area (Å²) in [5.41, 5.74) is 0.0211. The van der Waals surface area contributed by atoms with Gasteiger partial charge in [-0.25, -0.2) is 8.42 Å². The van der Waals surface area contributed by atoms with Crippen molar-refractivity contribution in [3.63, 3.8) is 0 Å². The molecule has 3 saturated heterocycles. The van der Waals surface area contributed by atoms with Gasteiger partial charge < -0.3 is 4.74 Å². The first-order valence-electron chi connectivity index (χ1n) is 9.02. The number of ether oxygens (including phenoxy) is 1. The van der Waals surface area contributed by atoms with Gasteiger partial charge in [0, 0.05) is 44.8 Å². The van der Waals surface area contributed by atoms with Crippen molar-refractivity contribution in [2.24, 2.45) is 0 Å². The van der Waals surface area contributed by atoms with Gasteiger partial charge in [0.15, 0.2) is 0 Å². The molecule has 3 aliphatic heterocycles. The highest BCUT2D eigenvalue weighted by Gasteiger charge is 2.56. The second kappa shape index (κ2) is 5.95. The lowest BCUT2D eigenvalue weighted by molar-refractivity contribution is -0.163. The Morgan fingerprint density at radius 3 is 2.48 bits per heavy atom. The molecule has 7 heteroatoms. The molecule has 132 valence electrons. The van der Waals surface area contributed by atoms with Gasteiger partial charge in [0.2, 0.25) is 10.0 Å². The first kappa shape index (κ1) is 16.3. The monoisotopic (exact) mass is 343 g/mol. The van der Waals surface area contributed by atoms with Gasteiger partial charge in [-0.05, 0) is 12.8 Å². The Balaban J connectivity index is 1.51. The largest absolute Gasteiger partial charge is 0.378 e. The average molecular weight is 343 g/mol. The molecule has 1 spiro atoms. The van der Waals surface area contributed by atoms with E-state index in [0.29, 0.717) is 19.7 Å². The highest BCUT2D eigenvalue weighted by Crippen LogP contribution is 2.39. The van der Waals surface area contributed by atoms with Crippen molar-refractivity contribution in [3.8, 4) is 0 Å². The predicted octanol–water partition coefficient (Wildman–Crippen LogP) is 0.350. The first-order chi connectivity index (χ1) is 11.0. The lowest BCUT2D eigenvalue weighted by Gasteiger charge is -2.64. The molecule has 0 unspecified atom stereocenters. The lowest BCUT2D eigenvalue weighted by atomic mass is 9.80. The van der Waals surface area contributed by atoms with Gasteiger partial charge in [-0.3, -0.25) is 9.80 Å². The first-order valence-corrected chi connectivity index (χ1v) is 10.9. The summed E-state index contributed by atoms with van der Waals surface area (Å²) in [6, 6.07) is 0.947.